The fourth-order valence-corrected chi connectivity index (χ4v) is 2.46. The zero-order valence-electron chi connectivity index (χ0n) is 8.78. The van der Waals surface area contributed by atoms with Gasteiger partial charge in [-0.05, 0) is 49.6 Å². The van der Waals surface area contributed by atoms with Crippen LogP contribution < -0.4 is 11.1 Å². The molecule has 17 heavy (non-hydrogen) atoms. The molecule has 1 aromatic carbocycles. The summed E-state index contributed by atoms with van der Waals surface area (Å²) in [5.41, 5.74) is 5.79. The summed E-state index contributed by atoms with van der Waals surface area (Å²) >= 11 is 6.42. The van der Waals surface area contributed by atoms with Crippen LogP contribution in [0.2, 0.25) is 0 Å². The van der Waals surface area contributed by atoms with E-state index in [-0.39, 0.29) is 12.3 Å². The average Bonchev–Trinajstić information content (AvgIpc) is 2.25. The lowest BCUT2D eigenvalue weighted by molar-refractivity contribution is -0.125. The van der Waals surface area contributed by atoms with Gasteiger partial charge in [-0.1, -0.05) is 0 Å². The van der Waals surface area contributed by atoms with Gasteiger partial charge in [-0.3, -0.25) is 4.79 Å². The van der Waals surface area contributed by atoms with Crippen molar-refractivity contribution >= 4 is 37.8 Å². The molecular weight excluding hydrogens is 356 g/mol. The van der Waals surface area contributed by atoms with E-state index in [0.717, 1.165) is 5.56 Å². The number of carbonyl (C=O) groups is 1. The van der Waals surface area contributed by atoms with Gasteiger partial charge in [0.15, 0.2) is 0 Å². The molecule has 0 saturated heterocycles. The first-order valence-electron chi connectivity index (χ1n) is 4.76. The standard InChI is InChI=1S/C10H12Br2N2O3/c11-6-1-5(2-7(12)9(6)16)3-14-4-8(15)10(13)17/h1-2,8,14-16H,3-4H2,(H2,13,17). The number of aromatic hydroxyl groups is 1. The summed E-state index contributed by atoms with van der Waals surface area (Å²) in [6.45, 7) is 0.535. The maximum absolute atomic E-state index is 10.6. The Morgan fingerprint density at radius 1 is 1.41 bits per heavy atom. The molecular formula is C10H12Br2N2O3. The summed E-state index contributed by atoms with van der Waals surface area (Å²) in [6.07, 6.45) is -1.20. The number of nitrogens with one attached hydrogen (secondary N) is 1. The number of carbonyl (C=O) groups excluding carboxylic acids is 1. The summed E-state index contributed by atoms with van der Waals surface area (Å²) in [7, 11) is 0. The van der Waals surface area contributed by atoms with Crippen LogP contribution in [0.5, 0.6) is 5.75 Å². The van der Waals surface area contributed by atoms with Crippen LogP contribution in [0, 0.1) is 0 Å². The van der Waals surface area contributed by atoms with Gasteiger partial charge < -0.3 is 21.3 Å². The van der Waals surface area contributed by atoms with Crippen LogP contribution in [0.4, 0.5) is 0 Å². The lowest BCUT2D eigenvalue weighted by atomic mass is 10.2. The lowest BCUT2D eigenvalue weighted by Crippen LogP contribution is -2.37. The number of aliphatic hydroxyl groups excluding tert-OH is 1. The Hall–Kier alpha value is -0.630. The van der Waals surface area contributed by atoms with Gasteiger partial charge in [0, 0.05) is 13.1 Å². The first kappa shape index (κ1) is 14.4. The molecule has 1 aromatic rings. The number of halogens is 2. The van der Waals surface area contributed by atoms with E-state index in [1.54, 1.807) is 12.1 Å². The number of hydrogen-bond donors (Lipinski definition) is 4. The van der Waals surface area contributed by atoms with Gasteiger partial charge in [-0.2, -0.15) is 0 Å². The zero-order chi connectivity index (χ0) is 13.0. The highest BCUT2D eigenvalue weighted by atomic mass is 79.9. The van der Waals surface area contributed by atoms with Crippen LogP contribution in [-0.2, 0) is 11.3 Å². The molecule has 7 heteroatoms. The number of phenolic OH excluding ortho intramolecular Hbond substituents is 1. The lowest BCUT2D eigenvalue weighted by Gasteiger charge is -2.09. The van der Waals surface area contributed by atoms with Gasteiger partial charge >= 0.3 is 0 Å². The number of rotatable bonds is 5. The molecule has 1 amide bonds. The molecule has 0 radical (unpaired) electrons. The number of primary amides is 1. The Morgan fingerprint density at radius 2 is 1.94 bits per heavy atom. The van der Waals surface area contributed by atoms with Gasteiger partial charge in [0.2, 0.25) is 5.91 Å². The monoisotopic (exact) mass is 366 g/mol. The summed E-state index contributed by atoms with van der Waals surface area (Å²) in [4.78, 5) is 10.6. The first-order chi connectivity index (χ1) is 7.91. The van der Waals surface area contributed by atoms with Crippen molar-refractivity contribution in [2.75, 3.05) is 6.54 Å². The van der Waals surface area contributed by atoms with Crippen LogP contribution in [0.3, 0.4) is 0 Å². The SMILES string of the molecule is NC(=O)C(O)CNCc1cc(Br)c(O)c(Br)c1. The third kappa shape index (κ3) is 4.27. The third-order valence-corrected chi connectivity index (χ3v) is 3.28. The zero-order valence-corrected chi connectivity index (χ0v) is 12.0. The second-order valence-electron chi connectivity index (χ2n) is 3.46. The maximum Gasteiger partial charge on any atom is 0.247 e. The second kappa shape index (κ2) is 6.34. The summed E-state index contributed by atoms with van der Waals surface area (Å²) in [6, 6.07) is 3.48. The third-order valence-electron chi connectivity index (χ3n) is 2.07. The molecule has 0 heterocycles. The van der Waals surface area contributed by atoms with Crippen molar-refractivity contribution in [3.63, 3.8) is 0 Å². The van der Waals surface area contributed by atoms with Crippen LogP contribution in [0.15, 0.2) is 21.1 Å². The predicted octanol–water partition coefficient (Wildman–Crippen LogP) is 0.853. The molecule has 1 atom stereocenters. The molecule has 0 spiro atoms. The van der Waals surface area contributed by atoms with Crippen molar-refractivity contribution in [1.82, 2.24) is 5.32 Å². The van der Waals surface area contributed by atoms with Crippen LogP contribution in [-0.4, -0.2) is 28.8 Å². The Kier molecular flexibility index (Phi) is 5.38. The maximum atomic E-state index is 10.6. The minimum atomic E-state index is -1.20. The molecule has 0 fully saturated rings. The Labute approximate surface area is 115 Å². The molecule has 5 nitrogen and oxygen atoms in total. The van der Waals surface area contributed by atoms with E-state index in [2.05, 4.69) is 37.2 Å². The van der Waals surface area contributed by atoms with Gasteiger partial charge in [0.1, 0.15) is 11.9 Å². The summed E-state index contributed by atoms with van der Waals surface area (Å²) in [5.74, 6) is -0.628. The van der Waals surface area contributed by atoms with Gasteiger partial charge in [-0.15, -0.1) is 0 Å². The summed E-state index contributed by atoms with van der Waals surface area (Å²) in [5, 5.41) is 21.5. The molecule has 0 saturated carbocycles. The molecule has 0 aliphatic carbocycles. The molecule has 94 valence electrons. The topological polar surface area (TPSA) is 95.6 Å². The number of aliphatic hydroxyl groups is 1. The normalized spacial score (nSPS) is 12.4. The van der Waals surface area contributed by atoms with E-state index in [1.165, 1.54) is 0 Å². The minimum absolute atomic E-state index is 0.0887. The Morgan fingerprint density at radius 3 is 2.41 bits per heavy atom. The molecule has 0 aliphatic rings. The minimum Gasteiger partial charge on any atom is -0.506 e. The smallest absolute Gasteiger partial charge is 0.247 e. The van der Waals surface area contributed by atoms with E-state index < -0.39 is 12.0 Å². The number of nitrogens with two attached hydrogens (primary N) is 1. The molecule has 0 aliphatic heterocycles. The fourth-order valence-electron chi connectivity index (χ4n) is 1.17. The van der Waals surface area contributed by atoms with E-state index in [9.17, 15) is 9.90 Å². The van der Waals surface area contributed by atoms with E-state index in [1.807, 2.05) is 0 Å². The van der Waals surface area contributed by atoms with Gasteiger partial charge in [0.25, 0.3) is 0 Å². The Balaban J connectivity index is 2.56. The van der Waals surface area contributed by atoms with Crippen molar-refractivity contribution in [1.29, 1.82) is 0 Å². The number of hydrogen-bond acceptors (Lipinski definition) is 4. The highest BCUT2D eigenvalue weighted by molar-refractivity contribution is 9.11. The molecule has 0 aromatic heterocycles. The number of benzene rings is 1. The van der Waals surface area contributed by atoms with Gasteiger partial charge in [-0.25, -0.2) is 0 Å². The van der Waals surface area contributed by atoms with Crippen molar-refractivity contribution in [2.24, 2.45) is 5.73 Å². The molecule has 0 bridgehead atoms. The largest absolute Gasteiger partial charge is 0.506 e. The van der Waals surface area contributed by atoms with Crippen LogP contribution in [0.25, 0.3) is 0 Å². The second-order valence-corrected chi connectivity index (χ2v) is 5.17. The van der Waals surface area contributed by atoms with E-state index >= 15 is 0 Å². The first-order valence-corrected chi connectivity index (χ1v) is 6.35. The highest BCUT2D eigenvalue weighted by Crippen LogP contribution is 2.33. The average molecular weight is 368 g/mol. The molecule has 1 rings (SSSR count). The van der Waals surface area contributed by atoms with Crippen molar-refractivity contribution in [2.45, 2.75) is 12.6 Å². The summed E-state index contributed by atoms with van der Waals surface area (Å²) < 4.78 is 1.14. The Bertz CT molecular complexity index is 403. The molecule has 5 N–H and O–H groups in total. The number of phenols is 1. The highest BCUT2D eigenvalue weighted by Gasteiger charge is 2.10. The van der Waals surface area contributed by atoms with Crippen molar-refractivity contribution in [3.05, 3.63) is 26.6 Å². The fraction of sp³-hybridized carbons (Fsp3) is 0.300. The van der Waals surface area contributed by atoms with Crippen LogP contribution >= 0.6 is 31.9 Å². The van der Waals surface area contributed by atoms with Gasteiger partial charge in [0.05, 0.1) is 8.95 Å². The van der Waals surface area contributed by atoms with E-state index in [0.29, 0.717) is 15.5 Å². The van der Waals surface area contributed by atoms with Crippen molar-refractivity contribution in [3.8, 4) is 5.75 Å². The molecule has 1 unspecified atom stereocenters. The predicted molar refractivity (Wildman–Crippen MR) is 70.4 cm³/mol. The van der Waals surface area contributed by atoms with E-state index in [4.69, 9.17) is 10.8 Å². The number of amides is 1. The van der Waals surface area contributed by atoms with Crippen LogP contribution in [0.1, 0.15) is 5.56 Å². The van der Waals surface area contributed by atoms with Crippen molar-refractivity contribution < 1.29 is 15.0 Å². The quantitative estimate of drug-likeness (QED) is 0.620.